The van der Waals surface area contributed by atoms with Crippen LogP contribution in [0.3, 0.4) is 0 Å². The zero-order valence-electron chi connectivity index (χ0n) is 14.7. The highest BCUT2D eigenvalue weighted by Gasteiger charge is 2.29. The van der Waals surface area contributed by atoms with Crippen molar-refractivity contribution in [3.63, 3.8) is 0 Å². The summed E-state index contributed by atoms with van der Waals surface area (Å²) in [5.74, 6) is 1.63. The van der Waals surface area contributed by atoms with Crippen molar-refractivity contribution < 1.29 is 19.0 Å². The monoisotopic (exact) mass is 370 g/mol. The van der Waals surface area contributed by atoms with Crippen LogP contribution in [0.4, 0.5) is 0 Å². The van der Waals surface area contributed by atoms with E-state index in [4.69, 9.17) is 19.9 Å². The van der Waals surface area contributed by atoms with Crippen molar-refractivity contribution in [2.24, 2.45) is 11.7 Å². The molecule has 0 bridgehead atoms. The summed E-state index contributed by atoms with van der Waals surface area (Å²) in [6.45, 7) is 6.33. The second-order valence-electron chi connectivity index (χ2n) is 7.15. The van der Waals surface area contributed by atoms with Crippen LogP contribution in [-0.4, -0.2) is 38.5 Å². The van der Waals surface area contributed by atoms with Gasteiger partial charge in [0.15, 0.2) is 11.5 Å². The third kappa shape index (κ3) is 4.57. The van der Waals surface area contributed by atoms with Crippen molar-refractivity contribution >= 4 is 18.3 Å². The Hall–Kier alpha value is -1.50. The summed E-state index contributed by atoms with van der Waals surface area (Å²) in [6, 6.07) is 5.43. The average Bonchev–Trinajstić information content (AvgIpc) is 3.07. The molecule has 7 heteroatoms. The molecule has 2 aliphatic heterocycles. The molecule has 1 atom stereocenters. The third-order valence-corrected chi connectivity index (χ3v) is 4.94. The minimum atomic E-state index is -0.471. The van der Waals surface area contributed by atoms with Gasteiger partial charge in [0.05, 0.1) is 6.04 Å². The van der Waals surface area contributed by atoms with Gasteiger partial charge in [-0.25, -0.2) is 0 Å². The van der Waals surface area contributed by atoms with Gasteiger partial charge in [-0.15, -0.1) is 12.4 Å². The number of rotatable bonds is 5. The Morgan fingerprint density at radius 2 is 1.96 bits per heavy atom. The van der Waals surface area contributed by atoms with E-state index in [2.05, 4.69) is 19.2 Å². The molecule has 2 heterocycles. The maximum atomic E-state index is 12.4. The first-order valence-corrected chi connectivity index (χ1v) is 8.48. The van der Waals surface area contributed by atoms with Crippen LogP contribution in [0.1, 0.15) is 32.3 Å². The number of benzene rings is 1. The Kier molecular flexibility index (Phi) is 6.54. The normalized spacial score (nSPS) is 18.4. The van der Waals surface area contributed by atoms with E-state index in [1.54, 1.807) is 0 Å². The summed E-state index contributed by atoms with van der Waals surface area (Å²) in [7, 11) is 0. The van der Waals surface area contributed by atoms with E-state index in [0.29, 0.717) is 19.8 Å². The lowest BCUT2D eigenvalue weighted by atomic mass is 9.84. The minimum Gasteiger partial charge on any atom is -0.454 e. The molecule has 1 aromatic carbocycles. The number of amides is 1. The summed E-state index contributed by atoms with van der Waals surface area (Å²) in [6.07, 6.45) is 1.69. The van der Waals surface area contributed by atoms with Crippen LogP contribution in [0.2, 0.25) is 0 Å². The Balaban J connectivity index is 0.00000225. The van der Waals surface area contributed by atoms with Gasteiger partial charge >= 0.3 is 0 Å². The van der Waals surface area contributed by atoms with Crippen LogP contribution in [0.25, 0.3) is 0 Å². The summed E-state index contributed by atoms with van der Waals surface area (Å²) in [4.78, 5) is 12.4. The number of hydrogen-bond acceptors (Lipinski definition) is 5. The highest BCUT2D eigenvalue weighted by Crippen LogP contribution is 2.36. The van der Waals surface area contributed by atoms with Gasteiger partial charge in [-0.1, -0.05) is 19.9 Å². The smallest absolute Gasteiger partial charge is 0.237 e. The number of carbonyl (C=O) groups is 1. The van der Waals surface area contributed by atoms with Crippen molar-refractivity contribution in [3.8, 4) is 11.5 Å². The molecular formula is C18H27ClN2O4. The summed E-state index contributed by atoms with van der Waals surface area (Å²) in [5, 5.41) is 3.01. The molecule has 1 unspecified atom stereocenters. The number of hydrogen-bond donors (Lipinski definition) is 2. The molecule has 0 aliphatic carbocycles. The Morgan fingerprint density at radius 3 is 2.68 bits per heavy atom. The molecule has 0 radical (unpaired) electrons. The quantitative estimate of drug-likeness (QED) is 0.828. The zero-order chi connectivity index (χ0) is 17.2. The van der Waals surface area contributed by atoms with E-state index in [-0.39, 0.29) is 36.4 Å². The first kappa shape index (κ1) is 19.8. The van der Waals surface area contributed by atoms with E-state index in [9.17, 15) is 4.79 Å². The van der Waals surface area contributed by atoms with E-state index in [0.717, 1.165) is 29.9 Å². The fraction of sp³-hybridized carbons (Fsp3) is 0.611. The van der Waals surface area contributed by atoms with Crippen LogP contribution in [-0.2, 0) is 14.9 Å². The van der Waals surface area contributed by atoms with Gasteiger partial charge in [0, 0.05) is 25.2 Å². The number of nitrogens with two attached hydrogens (primary N) is 1. The zero-order valence-corrected chi connectivity index (χ0v) is 15.6. The number of nitrogens with one attached hydrogen (secondary N) is 1. The fourth-order valence-corrected chi connectivity index (χ4v) is 3.13. The van der Waals surface area contributed by atoms with Gasteiger partial charge < -0.3 is 25.3 Å². The maximum absolute atomic E-state index is 12.4. The molecule has 1 fully saturated rings. The Bertz CT molecular complexity index is 603. The molecule has 3 rings (SSSR count). The number of fused-ring (bicyclic) bond motifs is 1. The van der Waals surface area contributed by atoms with Crippen molar-refractivity contribution in [1.82, 2.24) is 5.32 Å². The van der Waals surface area contributed by atoms with Gasteiger partial charge in [-0.05, 0) is 36.5 Å². The van der Waals surface area contributed by atoms with Crippen molar-refractivity contribution in [2.45, 2.75) is 38.1 Å². The van der Waals surface area contributed by atoms with Crippen molar-refractivity contribution in [1.29, 1.82) is 0 Å². The summed E-state index contributed by atoms with van der Waals surface area (Å²) < 4.78 is 16.1. The highest BCUT2D eigenvalue weighted by molar-refractivity contribution is 5.85. The molecular weight excluding hydrogens is 344 g/mol. The Labute approximate surface area is 154 Å². The topological polar surface area (TPSA) is 82.8 Å². The molecule has 0 spiro atoms. The SMILES string of the molecule is CC(C)(CNC(=O)C(N)C1CCOCC1)c1ccc2c(c1)OCO2.Cl. The molecule has 140 valence electrons. The minimum absolute atomic E-state index is 0. The largest absolute Gasteiger partial charge is 0.454 e. The number of halogens is 1. The average molecular weight is 371 g/mol. The van der Waals surface area contributed by atoms with Crippen molar-refractivity contribution in [3.05, 3.63) is 23.8 Å². The van der Waals surface area contributed by atoms with Crippen LogP contribution < -0.4 is 20.5 Å². The van der Waals surface area contributed by atoms with E-state index >= 15 is 0 Å². The lowest BCUT2D eigenvalue weighted by molar-refractivity contribution is -0.124. The van der Waals surface area contributed by atoms with E-state index in [1.165, 1.54) is 0 Å². The molecule has 25 heavy (non-hydrogen) atoms. The first-order chi connectivity index (χ1) is 11.5. The highest BCUT2D eigenvalue weighted by atomic mass is 35.5. The summed E-state index contributed by atoms with van der Waals surface area (Å²) in [5.41, 5.74) is 6.99. The Morgan fingerprint density at radius 1 is 1.28 bits per heavy atom. The molecule has 2 aliphatic rings. The van der Waals surface area contributed by atoms with E-state index < -0.39 is 6.04 Å². The summed E-state index contributed by atoms with van der Waals surface area (Å²) >= 11 is 0. The van der Waals surface area contributed by atoms with Crippen LogP contribution in [0.15, 0.2) is 18.2 Å². The molecule has 0 aromatic heterocycles. The number of carbonyl (C=O) groups excluding carboxylic acids is 1. The third-order valence-electron chi connectivity index (χ3n) is 4.94. The first-order valence-electron chi connectivity index (χ1n) is 8.48. The van der Waals surface area contributed by atoms with Gasteiger partial charge in [-0.3, -0.25) is 4.79 Å². The number of ether oxygens (including phenoxy) is 3. The molecule has 3 N–H and O–H groups in total. The predicted molar refractivity (Wildman–Crippen MR) is 97.4 cm³/mol. The van der Waals surface area contributed by atoms with E-state index in [1.807, 2.05) is 18.2 Å². The molecule has 1 aromatic rings. The standard InChI is InChI=1S/C18H26N2O4.ClH/c1-18(2,13-3-4-14-15(9-13)24-11-23-14)10-20-17(21)16(19)12-5-7-22-8-6-12;/h3-4,9,12,16H,5-8,10-11,19H2,1-2H3,(H,20,21);1H. The molecule has 1 saturated heterocycles. The van der Waals surface area contributed by atoms with Crippen LogP contribution >= 0.6 is 12.4 Å². The molecule has 0 saturated carbocycles. The fourth-order valence-electron chi connectivity index (χ4n) is 3.13. The second-order valence-corrected chi connectivity index (χ2v) is 7.15. The molecule has 6 nitrogen and oxygen atoms in total. The van der Waals surface area contributed by atoms with Gasteiger partial charge in [0.1, 0.15) is 0 Å². The molecule has 1 amide bonds. The van der Waals surface area contributed by atoms with Crippen molar-refractivity contribution in [2.75, 3.05) is 26.6 Å². The van der Waals surface area contributed by atoms with Crippen LogP contribution in [0.5, 0.6) is 11.5 Å². The van der Waals surface area contributed by atoms with Crippen LogP contribution in [0, 0.1) is 5.92 Å². The maximum Gasteiger partial charge on any atom is 0.237 e. The lowest BCUT2D eigenvalue weighted by Gasteiger charge is -2.29. The lowest BCUT2D eigenvalue weighted by Crippen LogP contribution is -2.49. The van der Waals surface area contributed by atoms with Gasteiger partial charge in [0.25, 0.3) is 0 Å². The van der Waals surface area contributed by atoms with Gasteiger partial charge in [-0.2, -0.15) is 0 Å². The second kappa shape index (κ2) is 8.25. The van der Waals surface area contributed by atoms with Gasteiger partial charge in [0.2, 0.25) is 12.7 Å². The predicted octanol–water partition coefficient (Wildman–Crippen LogP) is 1.98.